The summed E-state index contributed by atoms with van der Waals surface area (Å²) in [5.41, 5.74) is 0.359. The fourth-order valence-corrected chi connectivity index (χ4v) is 3.29. The number of hydrogen-bond donors (Lipinski definition) is 1. The van der Waals surface area contributed by atoms with Crippen LogP contribution in [0.1, 0.15) is 0 Å². The maximum atomic E-state index is 12.2. The number of nitrogens with zero attached hydrogens (tertiary/aromatic N) is 2. The molecule has 0 fully saturated rings. The molecule has 0 aliphatic carbocycles. The molecule has 25 heavy (non-hydrogen) atoms. The van der Waals surface area contributed by atoms with Crippen molar-refractivity contribution in [3.8, 4) is 0 Å². The van der Waals surface area contributed by atoms with Gasteiger partial charge in [0.2, 0.25) is 15.9 Å². The summed E-state index contributed by atoms with van der Waals surface area (Å²) in [4.78, 5) is 22.4. The van der Waals surface area contributed by atoms with Crippen molar-refractivity contribution in [1.29, 1.82) is 0 Å². The molecule has 0 aromatic heterocycles. The molecule has 1 N–H and O–H groups in total. The second kappa shape index (κ2) is 7.62. The molecule has 10 heteroatoms. The molecule has 1 amide bonds. The highest BCUT2D eigenvalue weighted by Gasteiger charge is 2.21. The molecule has 2 rings (SSSR count). The third kappa shape index (κ3) is 5.26. The van der Waals surface area contributed by atoms with Crippen LogP contribution in [0.4, 0.5) is 17.1 Å². The molecule has 0 radical (unpaired) electrons. The monoisotopic (exact) mass is 427 g/mol. The van der Waals surface area contributed by atoms with Gasteiger partial charge in [-0.3, -0.25) is 19.2 Å². The fraction of sp³-hybridized carbons (Fsp3) is 0.133. The first-order chi connectivity index (χ1) is 11.7. The number of halogens is 1. The second-order valence-electron chi connectivity index (χ2n) is 5.11. The van der Waals surface area contributed by atoms with Crippen LogP contribution in [0.5, 0.6) is 0 Å². The molecular formula is C15H14BrN3O5S. The quantitative estimate of drug-likeness (QED) is 0.562. The predicted molar refractivity (Wildman–Crippen MR) is 98.1 cm³/mol. The second-order valence-corrected chi connectivity index (χ2v) is 7.93. The number of carbonyl (C=O) groups excluding carboxylic acids is 1. The molecule has 0 bridgehead atoms. The number of sulfonamides is 1. The summed E-state index contributed by atoms with van der Waals surface area (Å²) in [7, 11) is -3.70. The summed E-state index contributed by atoms with van der Waals surface area (Å²) in [6.07, 6.45) is 0.995. The van der Waals surface area contributed by atoms with Gasteiger partial charge in [-0.1, -0.05) is 28.1 Å². The Morgan fingerprint density at radius 2 is 1.92 bits per heavy atom. The lowest BCUT2D eigenvalue weighted by molar-refractivity contribution is -0.384. The van der Waals surface area contributed by atoms with Crippen LogP contribution < -0.4 is 9.62 Å². The largest absolute Gasteiger partial charge is 0.324 e. The molecule has 0 atom stereocenters. The first kappa shape index (κ1) is 18.9. The van der Waals surface area contributed by atoms with Crippen molar-refractivity contribution >= 4 is 48.9 Å². The molecular weight excluding hydrogens is 414 g/mol. The molecule has 0 aliphatic rings. The van der Waals surface area contributed by atoms with Crippen LogP contribution in [-0.2, 0) is 14.8 Å². The summed E-state index contributed by atoms with van der Waals surface area (Å²) in [5.74, 6) is -0.620. The maximum absolute atomic E-state index is 12.2. The smallest absolute Gasteiger partial charge is 0.271 e. The van der Waals surface area contributed by atoms with Crippen molar-refractivity contribution < 1.29 is 18.1 Å². The Kier molecular flexibility index (Phi) is 5.75. The third-order valence-electron chi connectivity index (χ3n) is 3.12. The third-order valence-corrected chi connectivity index (χ3v) is 4.76. The standard InChI is InChI=1S/C15H14BrN3O5S/c1-25(23,24)18(13-6-2-4-11(16)8-13)10-15(20)17-12-5-3-7-14(9-12)19(21)22/h2-9H,10H2,1H3,(H,17,20). The van der Waals surface area contributed by atoms with Gasteiger partial charge in [-0.05, 0) is 24.3 Å². The number of carbonyl (C=O) groups is 1. The van der Waals surface area contributed by atoms with Gasteiger partial charge in [0.1, 0.15) is 6.54 Å². The van der Waals surface area contributed by atoms with Crippen LogP contribution in [0.3, 0.4) is 0 Å². The molecule has 0 aliphatic heterocycles. The van der Waals surface area contributed by atoms with Crippen LogP contribution >= 0.6 is 15.9 Å². The number of nitrogens with one attached hydrogen (secondary N) is 1. The topological polar surface area (TPSA) is 110 Å². The van der Waals surface area contributed by atoms with Crippen molar-refractivity contribution in [1.82, 2.24) is 0 Å². The van der Waals surface area contributed by atoms with Crippen LogP contribution in [0.25, 0.3) is 0 Å². The number of amides is 1. The van der Waals surface area contributed by atoms with Gasteiger partial charge in [0.15, 0.2) is 0 Å². The number of nitro benzene ring substituents is 1. The number of nitro groups is 1. The van der Waals surface area contributed by atoms with Gasteiger partial charge >= 0.3 is 0 Å². The van der Waals surface area contributed by atoms with Gasteiger partial charge in [0.25, 0.3) is 5.69 Å². The average molecular weight is 428 g/mol. The van der Waals surface area contributed by atoms with Gasteiger partial charge in [-0.15, -0.1) is 0 Å². The summed E-state index contributed by atoms with van der Waals surface area (Å²) in [6.45, 7) is -0.460. The highest BCUT2D eigenvalue weighted by atomic mass is 79.9. The van der Waals surface area contributed by atoms with Crippen LogP contribution in [0, 0.1) is 10.1 Å². The van der Waals surface area contributed by atoms with Crippen molar-refractivity contribution in [3.63, 3.8) is 0 Å². The van der Waals surface area contributed by atoms with E-state index in [-0.39, 0.29) is 11.4 Å². The van der Waals surface area contributed by atoms with Crippen molar-refractivity contribution in [2.24, 2.45) is 0 Å². The molecule has 132 valence electrons. The Labute approximate surface area is 152 Å². The average Bonchev–Trinajstić information content (AvgIpc) is 2.51. The summed E-state index contributed by atoms with van der Waals surface area (Å²) in [6, 6.07) is 11.9. The van der Waals surface area contributed by atoms with Gasteiger partial charge in [-0.2, -0.15) is 0 Å². The summed E-state index contributed by atoms with van der Waals surface area (Å²) < 4.78 is 25.6. The SMILES string of the molecule is CS(=O)(=O)N(CC(=O)Nc1cccc([N+](=O)[O-])c1)c1cccc(Br)c1. The normalized spacial score (nSPS) is 11.0. The molecule has 2 aromatic carbocycles. The lowest BCUT2D eigenvalue weighted by Gasteiger charge is -2.22. The molecule has 0 saturated heterocycles. The van der Waals surface area contributed by atoms with E-state index in [2.05, 4.69) is 21.2 Å². The summed E-state index contributed by atoms with van der Waals surface area (Å²) in [5, 5.41) is 13.2. The lowest BCUT2D eigenvalue weighted by Crippen LogP contribution is -2.37. The van der Waals surface area contributed by atoms with E-state index in [4.69, 9.17) is 0 Å². The van der Waals surface area contributed by atoms with Gasteiger partial charge in [-0.25, -0.2) is 8.42 Å². The van der Waals surface area contributed by atoms with Crippen molar-refractivity contribution in [3.05, 3.63) is 63.1 Å². The Balaban J connectivity index is 2.21. The number of non-ortho nitro benzene ring substituents is 1. The molecule has 0 spiro atoms. The lowest BCUT2D eigenvalue weighted by atomic mass is 10.3. The number of anilines is 2. The summed E-state index contributed by atoms with van der Waals surface area (Å²) >= 11 is 3.25. The van der Waals surface area contributed by atoms with E-state index in [0.29, 0.717) is 10.2 Å². The maximum Gasteiger partial charge on any atom is 0.271 e. The Bertz CT molecular complexity index is 917. The van der Waals surface area contributed by atoms with E-state index in [1.807, 2.05) is 0 Å². The minimum absolute atomic E-state index is 0.176. The number of benzene rings is 2. The zero-order valence-corrected chi connectivity index (χ0v) is 15.5. The molecule has 8 nitrogen and oxygen atoms in total. The Morgan fingerprint density at radius 3 is 2.52 bits per heavy atom. The van der Waals surface area contributed by atoms with Crippen LogP contribution in [0.2, 0.25) is 0 Å². The minimum atomic E-state index is -3.70. The van der Waals surface area contributed by atoms with E-state index >= 15 is 0 Å². The molecule has 0 heterocycles. The Hall–Kier alpha value is -2.46. The highest BCUT2D eigenvalue weighted by Crippen LogP contribution is 2.22. The number of hydrogen-bond acceptors (Lipinski definition) is 5. The van der Waals surface area contributed by atoms with E-state index < -0.39 is 27.4 Å². The predicted octanol–water partition coefficient (Wildman–Crippen LogP) is 2.76. The molecule has 2 aromatic rings. The minimum Gasteiger partial charge on any atom is -0.324 e. The highest BCUT2D eigenvalue weighted by molar-refractivity contribution is 9.10. The van der Waals surface area contributed by atoms with E-state index in [1.54, 1.807) is 24.3 Å². The van der Waals surface area contributed by atoms with Crippen molar-refractivity contribution in [2.45, 2.75) is 0 Å². The van der Waals surface area contributed by atoms with Gasteiger partial charge < -0.3 is 5.32 Å². The fourth-order valence-electron chi connectivity index (χ4n) is 2.06. The first-order valence-electron chi connectivity index (χ1n) is 6.94. The zero-order chi connectivity index (χ0) is 18.6. The van der Waals surface area contributed by atoms with Crippen LogP contribution in [-0.4, -0.2) is 32.0 Å². The Morgan fingerprint density at radius 1 is 1.24 bits per heavy atom. The van der Waals surface area contributed by atoms with E-state index in [9.17, 15) is 23.3 Å². The number of rotatable bonds is 6. The zero-order valence-electron chi connectivity index (χ0n) is 13.0. The van der Waals surface area contributed by atoms with E-state index in [1.165, 1.54) is 24.3 Å². The molecule has 0 saturated carbocycles. The van der Waals surface area contributed by atoms with Gasteiger partial charge in [0, 0.05) is 22.3 Å². The first-order valence-corrected chi connectivity index (χ1v) is 9.58. The van der Waals surface area contributed by atoms with Crippen LogP contribution in [0.15, 0.2) is 53.0 Å². The van der Waals surface area contributed by atoms with Gasteiger partial charge in [0.05, 0.1) is 16.9 Å². The van der Waals surface area contributed by atoms with E-state index in [0.717, 1.165) is 10.6 Å². The molecule has 0 unspecified atom stereocenters. The van der Waals surface area contributed by atoms with Crippen molar-refractivity contribution in [2.75, 3.05) is 22.4 Å².